The zero-order chi connectivity index (χ0) is 22.4. The summed E-state index contributed by atoms with van der Waals surface area (Å²) < 4.78 is 25.2. The number of methoxy groups -OCH3 is 1. The highest BCUT2D eigenvalue weighted by Crippen LogP contribution is 2.43. The molecule has 160 valence electrons. The minimum absolute atomic E-state index is 0.258. The maximum absolute atomic E-state index is 13.3. The van der Waals surface area contributed by atoms with Crippen LogP contribution in [0.3, 0.4) is 0 Å². The number of nitrogens with zero attached hydrogens (tertiary/aromatic N) is 5. The second-order valence-corrected chi connectivity index (χ2v) is 7.54. The standard InChI is InChI=1S/C22H17FN6O3/c1-11-3-4-12(20-27-22(32-28-20)14-6-15(14)23)5-16(11)26-21(30)17-9-25-19-7-18(31-2)13(8-24)10-29(17)19/h3-5,7,9-10,14-15H,6H2,1-2H3,(H,26,30)/t14-,15-/m0/s1. The van der Waals surface area contributed by atoms with Gasteiger partial charge in [-0.05, 0) is 25.0 Å². The molecule has 1 saturated carbocycles. The molecule has 0 bridgehead atoms. The Balaban J connectivity index is 1.44. The lowest BCUT2D eigenvalue weighted by Gasteiger charge is -2.10. The Morgan fingerprint density at radius 2 is 2.22 bits per heavy atom. The van der Waals surface area contributed by atoms with Gasteiger partial charge in [0.1, 0.15) is 34.9 Å². The molecule has 1 aliphatic carbocycles. The number of hydrogen-bond acceptors (Lipinski definition) is 7. The van der Waals surface area contributed by atoms with Crippen LogP contribution in [0.5, 0.6) is 5.75 Å². The number of hydrogen-bond donors (Lipinski definition) is 1. The van der Waals surface area contributed by atoms with Crippen LogP contribution in [0.4, 0.5) is 10.1 Å². The molecule has 3 aromatic heterocycles. The molecule has 0 saturated heterocycles. The van der Waals surface area contributed by atoms with Gasteiger partial charge in [-0.15, -0.1) is 0 Å². The summed E-state index contributed by atoms with van der Waals surface area (Å²) in [4.78, 5) is 21.5. The van der Waals surface area contributed by atoms with E-state index in [9.17, 15) is 14.4 Å². The molecule has 0 spiro atoms. The number of carbonyl (C=O) groups is 1. The number of halogens is 1. The molecule has 1 aromatic carbocycles. The van der Waals surface area contributed by atoms with Gasteiger partial charge in [0.15, 0.2) is 0 Å². The Morgan fingerprint density at radius 1 is 1.41 bits per heavy atom. The summed E-state index contributed by atoms with van der Waals surface area (Å²) in [5.74, 6) is 0.265. The van der Waals surface area contributed by atoms with Gasteiger partial charge in [-0.2, -0.15) is 10.2 Å². The molecule has 10 heteroatoms. The number of aromatic nitrogens is 4. The van der Waals surface area contributed by atoms with E-state index in [4.69, 9.17) is 9.26 Å². The van der Waals surface area contributed by atoms with E-state index in [1.807, 2.05) is 19.1 Å². The van der Waals surface area contributed by atoms with Gasteiger partial charge in [0.05, 0.1) is 19.2 Å². The molecular formula is C22H17FN6O3. The van der Waals surface area contributed by atoms with Gasteiger partial charge in [0, 0.05) is 23.5 Å². The molecule has 0 unspecified atom stereocenters. The second kappa shape index (κ2) is 7.46. The number of nitrogens with one attached hydrogen (secondary N) is 1. The highest BCUT2D eigenvalue weighted by molar-refractivity contribution is 6.04. The lowest BCUT2D eigenvalue weighted by Crippen LogP contribution is -2.15. The number of amides is 1. The maximum Gasteiger partial charge on any atom is 0.274 e. The van der Waals surface area contributed by atoms with E-state index in [1.54, 1.807) is 18.2 Å². The molecule has 2 atom stereocenters. The van der Waals surface area contributed by atoms with Crippen molar-refractivity contribution in [3.8, 4) is 23.2 Å². The average molecular weight is 432 g/mol. The van der Waals surface area contributed by atoms with Gasteiger partial charge >= 0.3 is 0 Å². The summed E-state index contributed by atoms with van der Waals surface area (Å²) in [6, 6.07) is 9.00. The number of nitriles is 1. The smallest absolute Gasteiger partial charge is 0.274 e. The SMILES string of the molecule is COc1cc2ncc(C(=O)Nc3cc(-c4noc([C@H]5C[C@@H]5F)n4)ccc3C)n2cc1C#N. The fourth-order valence-electron chi connectivity index (χ4n) is 3.43. The van der Waals surface area contributed by atoms with Crippen molar-refractivity contribution in [2.45, 2.75) is 25.4 Å². The Hall–Kier alpha value is -4.26. The van der Waals surface area contributed by atoms with E-state index in [-0.39, 0.29) is 23.1 Å². The van der Waals surface area contributed by atoms with Crippen LogP contribution in [-0.2, 0) is 0 Å². The van der Waals surface area contributed by atoms with E-state index >= 15 is 0 Å². The van der Waals surface area contributed by atoms with Crippen LogP contribution in [0.1, 0.15) is 39.8 Å². The quantitative estimate of drug-likeness (QED) is 0.511. The summed E-state index contributed by atoms with van der Waals surface area (Å²) in [6.07, 6.45) is 2.41. The molecule has 1 fully saturated rings. The van der Waals surface area contributed by atoms with Gasteiger partial charge in [-0.3, -0.25) is 9.20 Å². The lowest BCUT2D eigenvalue weighted by atomic mass is 10.1. The fraction of sp³-hybridized carbons (Fsp3) is 0.227. The van der Waals surface area contributed by atoms with Gasteiger partial charge in [0.2, 0.25) is 11.7 Å². The van der Waals surface area contributed by atoms with E-state index in [2.05, 4.69) is 20.4 Å². The van der Waals surface area contributed by atoms with E-state index in [0.717, 1.165) is 5.56 Å². The summed E-state index contributed by atoms with van der Waals surface area (Å²) in [5, 5.41) is 16.1. The minimum atomic E-state index is -0.928. The first kappa shape index (κ1) is 19.7. The number of aryl methyl sites for hydroxylation is 1. The highest BCUT2D eigenvalue weighted by atomic mass is 19.1. The molecule has 0 aliphatic heterocycles. The summed E-state index contributed by atoms with van der Waals surface area (Å²) in [7, 11) is 1.46. The number of carbonyl (C=O) groups excluding carboxylic acids is 1. The van der Waals surface area contributed by atoms with Crippen molar-refractivity contribution in [1.82, 2.24) is 19.5 Å². The van der Waals surface area contributed by atoms with Crippen LogP contribution in [0.2, 0.25) is 0 Å². The third kappa shape index (κ3) is 3.33. The maximum atomic E-state index is 13.3. The zero-order valence-corrected chi connectivity index (χ0v) is 17.2. The molecule has 32 heavy (non-hydrogen) atoms. The molecule has 4 aromatic rings. The zero-order valence-electron chi connectivity index (χ0n) is 17.2. The Labute approximate surface area is 181 Å². The van der Waals surface area contributed by atoms with Crippen LogP contribution in [0.25, 0.3) is 17.0 Å². The third-order valence-corrected chi connectivity index (χ3v) is 5.40. The van der Waals surface area contributed by atoms with Crippen molar-refractivity contribution >= 4 is 17.2 Å². The molecule has 1 aliphatic rings. The normalized spacial score (nSPS) is 17.2. The van der Waals surface area contributed by atoms with Crippen molar-refractivity contribution in [1.29, 1.82) is 5.26 Å². The van der Waals surface area contributed by atoms with E-state index in [0.29, 0.717) is 34.9 Å². The molecular weight excluding hydrogens is 415 g/mol. The fourth-order valence-corrected chi connectivity index (χ4v) is 3.43. The van der Waals surface area contributed by atoms with Crippen molar-refractivity contribution < 1.29 is 18.4 Å². The third-order valence-electron chi connectivity index (χ3n) is 5.40. The lowest BCUT2D eigenvalue weighted by molar-refractivity contribution is 0.102. The topological polar surface area (TPSA) is 118 Å². The monoisotopic (exact) mass is 432 g/mol. The summed E-state index contributed by atoms with van der Waals surface area (Å²) >= 11 is 0. The molecule has 0 radical (unpaired) electrons. The van der Waals surface area contributed by atoms with Crippen molar-refractivity contribution in [3.05, 3.63) is 59.4 Å². The van der Waals surface area contributed by atoms with E-state index < -0.39 is 12.1 Å². The number of rotatable bonds is 5. The Kier molecular flexibility index (Phi) is 4.59. The van der Waals surface area contributed by atoms with Gasteiger partial charge in [-0.25, -0.2) is 9.37 Å². The number of alkyl halides is 1. The molecule has 1 amide bonds. The first-order valence-electron chi connectivity index (χ1n) is 9.83. The minimum Gasteiger partial charge on any atom is -0.495 e. The van der Waals surface area contributed by atoms with Crippen LogP contribution in [0, 0.1) is 18.3 Å². The number of benzene rings is 1. The van der Waals surface area contributed by atoms with Crippen LogP contribution >= 0.6 is 0 Å². The predicted molar refractivity (Wildman–Crippen MR) is 111 cm³/mol. The van der Waals surface area contributed by atoms with Gasteiger partial charge in [-0.1, -0.05) is 17.3 Å². The number of pyridine rings is 1. The Morgan fingerprint density at radius 3 is 2.94 bits per heavy atom. The van der Waals surface area contributed by atoms with Gasteiger partial charge < -0.3 is 14.6 Å². The first-order valence-corrected chi connectivity index (χ1v) is 9.83. The van der Waals surface area contributed by atoms with Gasteiger partial charge in [0.25, 0.3) is 5.91 Å². The highest BCUT2D eigenvalue weighted by Gasteiger charge is 2.43. The number of ether oxygens (including phenoxy) is 1. The second-order valence-electron chi connectivity index (χ2n) is 7.54. The number of anilines is 1. The largest absolute Gasteiger partial charge is 0.495 e. The molecule has 5 rings (SSSR count). The average Bonchev–Trinajstić information content (AvgIpc) is 3.18. The van der Waals surface area contributed by atoms with Crippen molar-refractivity contribution in [2.75, 3.05) is 12.4 Å². The van der Waals surface area contributed by atoms with Crippen LogP contribution < -0.4 is 10.1 Å². The molecule has 9 nitrogen and oxygen atoms in total. The number of fused-ring (bicyclic) bond motifs is 1. The Bertz CT molecular complexity index is 1400. The van der Waals surface area contributed by atoms with E-state index in [1.165, 1.54) is 23.9 Å². The van der Waals surface area contributed by atoms with Crippen molar-refractivity contribution in [2.24, 2.45) is 0 Å². The molecule has 1 N–H and O–H groups in total. The summed E-state index contributed by atoms with van der Waals surface area (Å²) in [6.45, 7) is 1.85. The van der Waals surface area contributed by atoms with Crippen molar-refractivity contribution in [3.63, 3.8) is 0 Å². The molecule has 3 heterocycles. The predicted octanol–water partition coefficient (Wildman–Crippen LogP) is 3.65. The summed E-state index contributed by atoms with van der Waals surface area (Å²) in [5.41, 5.74) is 3.02. The first-order chi connectivity index (χ1) is 15.5. The van der Waals surface area contributed by atoms with Crippen LogP contribution in [-0.4, -0.2) is 38.7 Å². The van der Waals surface area contributed by atoms with Crippen LogP contribution in [0.15, 0.2) is 41.2 Å². The number of imidazole rings is 1.